The number of thiazole rings is 1. The van der Waals surface area contributed by atoms with Crippen LogP contribution in [0.2, 0.25) is 0 Å². The van der Waals surface area contributed by atoms with Gasteiger partial charge in [-0.1, -0.05) is 59.9 Å². The monoisotopic (exact) mass is 346 g/mol. The Balaban J connectivity index is 1.73. The van der Waals surface area contributed by atoms with Gasteiger partial charge in [0.25, 0.3) is 5.91 Å². The highest BCUT2D eigenvalue weighted by atomic mass is 32.1. The lowest BCUT2D eigenvalue weighted by atomic mass is 10.1. The molecule has 0 unspecified atom stereocenters. The van der Waals surface area contributed by atoms with Crippen LogP contribution in [-0.2, 0) is 0 Å². The first-order chi connectivity index (χ1) is 12.2. The Morgan fingerprint density at radius 3 is 2.64 bits per heavy atom. The largest absolute Gasteiger partial charge is 0.375 e. The van der Waals surface area contributed by atoms with E-state index in [1.54, 1.807) is 6.20 Å². The molecule has 2 aromatic heterocycles. The first-order valence-corrected chi connectivity index (χ1v) is 8.51. The number of pyridine rings is 1. The van der Waals surface area contributed by atoms with Crippen LogP contribution in [0.15, 0.2) is 66.9 Å². The summed E-state index contributed by atoms with van der Waals surface area (Å²) in [5.74, 6) is -0.244. The van der Waals surface area contributed by atoms with Crippen LogP contribution in [-0.4, -0.2) is 15.9 Å². The topological polar surface area (TPSA) is 80.9 Å². The molecule has 5 nitrogen and oxygen atoms in total. The Labute approximate surface area is 148 Å². The van der Waals surface area contributed by atoms with E-state index in [4.69, 9.17) is 5.73 Å². The number of carbonyl (C=O) groups excluding carboxylic acids is 1. The number of anilines is 2. The van der Waals surface area contributed by atoms with Crippen molar-refractivity contribution in [3.8, 4) is 11.3 Å². The summed E-state index contributed by atoms with van der Waals surface area (Å²) in [5.41, 5.74) is 8.71. The fraction of sp³-hybridized carbons (Fsp3) is 0. The number of rotatable bonds is 3. The average molecular weight is 346 g/mol. The van der Waals surface area contributed by atoms with Crippen LogP contribution in [0.25, 0.3) is 22.2 Å². The van der Waals surface area contributed by atoms with Gasteiger partial charge in [0.05, 0.1) is 16.9 Å². The van der Waals surface area contributed by atoms with Crippen molar-refractivity contribution in [3.63, 3.8) is 0 Å². The van der Waals surface area contributed by atoms with Crippen LogP contribution in [0.5, 0.6) is 0 Å². The van der Waals surface area contributed by atoms with E-state index in [0.717, 1.165) is 16.5 Å². The van der Waals surface area contributed by atoms with E-state index in [2.05, 4.69) is 15.3 Å². The molecule has 0 aliphatic carbocycles. The molecule has 6 heteroatoms. The molecular formula is C19H14N4OS. The molecule has 0 atom stereocenters. The van der Waals surface area contributed by atoms with Crippen LogP contribution in [0.3, 0.4) is 0 Å². The van der Waals surface area contributed by atoms with Crippen molar-refractivity contribution in [1.29, 1.82) is 0 Å². The minimum absolute atomic E-state index is 0.244. The third-order valence-electron chi connectivity index (χ3n) is 3.78. The number of nitrogens with one attached hydrogen (secondary N) is 1. The lowest BCUT2D eigenvalue weighted by Crippen LogP contribution is -2.12. The summed E-state index contributed by atoms with van der Waals surface area (Å²) >= 11 is 1.18. The van der Waals surface area contributed by atoms with E-state index in [0.29, 0.717) is 21.4 Å². The first kappa shape index (κ1) is 15.3. The van der Waals surface area contributed by atoms with Crippen molar-refractivity contribution in [2.45, 2.75) is 0 Å². The van der Waals surface area contributed by atoms with E-state index < -0.39 is 0 Å². The van der Waals surface area contributed by atoms with Gasteiger partial charge < -0.3 is 11.1 Å². The number of benzene rings is 2. The summed E-state index contributed by atoms with van der Waals surface area (Å²) in [6.07, 6.45) is 1.71. The van der Waals surface area contributed by atoms with Gasteiger partial charge in [0, 0.05) is 17.1 Å². The number of amides is 1. The summed E-state index contributed by atoms with van der Waals surface area (Å²) in [4.78, 5) is 22.0. The predicted molar refractivity (Wildman–Crippen MR) is 102 cm³/mol. The van der Waals surface area contributed by atoms with Gasteiger partial charge in [0.1, 0.15) is 4.88 Å². The number of carbonyl (C=O) groups is 1. The number of para-hydroxylation sites is 1. The quantitative estimate of drug-likeness (QED) is 0.583. The molecule has 0 fully saturated rings. The number of hydrogen-bond acceptors (Lipinski definition) is 5. The van der Waals surface area contributed by atoms with Crippen molar-refractivity contribution < 1.29 is 4.79 Å². The summed E-state index contributed by atoms with van der Waals surface area (Å²) < 4.78 is 0. The standard InChI is InChI=1S/C19H14N4OS/c20-19-23-16(13-6-2-1-3-7-13)17(25-19)18(24)22-14-10-4-8-12-9-5-11-21-15(12)14/h1-11H,(H2,20,23)(H,22,24). The Hall–Kier alpha value is -3.25. The number of hydrogen-bond donors (Lipinski definition) is 2. The summed E-state index contributed by atoms with van der Waals surface area (Å²) in [7, 11) is 0. The zero-order valence-corrected chi connectivity index (χ0v) is 14.0. The van der Waals surface area contributed by atoms with Gasteiger partial charge in [0.15, 0.2) is 5.13 Å². The lowest BCUT2D eigenvalue weighted by molar-refractivity contribution is 0.103. The van der Waals surface area contributed by atoms with Crippen molar-refractivity contribution >= 4 is 39.0 Å². The number of nitrogens with zero attached hydrogens (tertiary/aromatic N) is 2. The van der Waals surface area contributed by atoms with Gasteiger partial charge in [-0.3, -0.25) is 9.78 Å². The SMILES string of the molecule is Nc1nc(-c2ccccc2)c(C(=O)Nc2cccc3cccnc23)s1. The van der Waals surface area contributed by atoms with Gasteiger partial charge >= 0.3 is 0 Å². The van der Waals surface area contributed by atoms with Gasteiger partial charge in [0.2, 0.25) is 0 Å². The fourth-order valence-electron chi connectivity index (χ4n) is 2.67. The van der Waals surface area contributed by atoms with E-state index in [-0.39, 0.29) is 5.91 Å². The molecule has 0 radical (unpaired) electrons. The molecule has 4 rings (SSSR count). The third-order valence-corrected chi connectivity index (χ3v) is 4.66. The van der Waals surface area contributed by atoms with E-state index in [1.165, 1.54) is 11.3 Å². The van der Waals surface area contributed by atoms with Crippen molar-refractivity contribution in [2.75, 3.05) is 11.1 Å². The van der Waals surface area contributed by atoms with Crippen molar-refractivity contribution in [1.82, 2.24) is 9.97 Å². The summed E-state index contributed by atoms with van der Waals surface area (Å²) in [6, 6.07) is 19.0. The molecule has 0 saturated carbocycles. The van der Waals surface area contributed by atoms with Crippen molar-refractivity contribution in [2.24, 2.45) is 0 Å². The molecule has 2 heterocycles. The number of fused-ring (bicyclic) bond motifs is 1. The average Bonchev–Trinajstić information content (AvgIpc) is 3.05. The molecule has 1 amide bonds. The highest BCUT2D eigenvalue weighted by molar-refractivity contribution is 7.17. The molecule has 0 bridgehead atoms. The highest BCUT2D eigenvalue weighted by Gasteiger charge is 2.19. The number of nitrogen functional groups attached to an aromatic ring is 1. The maximum absolute atomic E-state index is 12.8. The molecule has 3 N–H and O–H groups in total. The lowest BCUT2D eigenvalue weighted by Gasteiger charge is -2.08. The Kier molecular flexibility index (Phi) is 3.87. The Morgan fingerprint density at radius 1 is 1.00 bits per heavy atom. The summed E-state index contributed by atoms with van der Waals surface area (Å²) in [6.45, 7) is 0. The molecule has 0 aliphatic rings. The molecule has 0 spiro atoms. The van der Waals surface area contributed by atoms with Crippen LogP contribution in [0.4, 0.5) is 10.8 Å². The first-order valence-electron chi connectivity index (χ1n) is 7.69. The second-order valence-electron chi connectivity index (χ2n) is 5.43. The third kappa shape index (κ3) is 2.95. The predicted octanol–water partition coefficient (Wildman–Crippen LogP) is 4.19. The molecule has 0 aliphatic heterocycles. The van der Waals surface area contributed by atoms with Gasteiger partial charge in [-0.2, -0.15) is 0 Å². The second-order valence-corrected chi connectivity index (χ2v) is 6.46. The van der Waals surface area contributed by atoms with Gasteiger partial charge in [-0.15, -0.1) is 0 Å². The fourth-order valence-corrected chi connectivity index (χ4v) is 3.42. The van der Waals surface area contributed by atoms with Gasteiger partial charge in [-0.05, 0) is 12.1 Å². The summed E-state index contributed by atoms with van der Waals surface area (Å²) in [5, 5.41) is 4.26. The van der Waals surface area contributed by atoms with E-state index >= 15 is 0 Å². The number of nitrogens with two attached hydrogens (primary N) is 1. The van der Waals surface area contributed by atoms with Crippen LogP contribution in [0.1, 0.15) is 9.67 Å². The van der Waals surface area contributed by atoms with Gasteiger partial charge in [-0.25, -0.2) is 4.98 Å². The highest BCUT2D eigenvalue weighted by Crippen LogP contribution is 2.31. The number of aromatic nitrogens is 2. The van der Waals surface area contributed by atoms with Crippen LogP contribution >= 0.6 is 11.3 Å². The molecule has 25 heavy (non-hydrogen) atoms. The minimum Gasteiger partial charge on any atom is -0.375 e. The van der Waals surface area contributed by atoms with E-state index in [1.807, 2.05) is 60.7 Å². The Bertz CT molecular complexity index is 1050. The Morgan fingerprint density at radius 2 is 1.80 bits per heavy atom. The smallest absolute Gasteiger partial charge is 0.268 e. The van der Waals surface area contributed by atoms with Crippen LogP contribution in [0, 0.1) is 0 Å². The maximum atomic E-state index is 12.8. The molecule has 0 saturated heterocycles. The zero-order valence-electron chi connectivity index (χ0n) is 13.1. The molecule has 4 aromatic rings. The van der Waals surface area contributed by atoms with E-state index in [9.17, 15) is 4.79 Å². The van der Waals surface area contributed by atoms with Crippen molar-refractivity contribution in [3.05, 3.63) is 71.7 Å². The minimum atomic E-state index is -0.244. The normalized spacial score (nSPS) is 10.7. The second kappa shape index (κ2) is 6.33. The molecule has 122 valence electrons. The maximum Gasteiger partial charge on any atom is 0.268 e. The van der Waals surface area contributed by atoms with Crippen LogP contribution < -0.4 is 11.1 Å². The molecule has 2 aromatic carbocycles. The molecular weight excluding hydrogens is 332 g/mol. The zero-order chi connectivity index (χ0) is 17.2.